The molecule has 1 fully saturated rings. The number of halogens is 1. The number of hydrogen-bond acceptors (Lipinski definition) is 3. The summed E-state index contributed by atoms with van der Waals surface area (Å²) in [6.07, 6.45) is 1.43. The maximum absolute atomic E-state index is 11.6. The van der Waals surface area contributed by atoms with Crippen LogP contribution in [0.1, 0.15) is 33.1 Å². The summed E-state index contributed by atoms with van der Waals surface area (Å²) < 4.78 is 10.5. The number of Topliss-reactive ketones (excluding diaryl/α,β-unsaturated/α-hetero) is 1. The molecule has 0 saturated heterocycles. The molecular weight excluding hydrogens is 204 g/mol. The van der Waals surface area contributed by atoms with Crippen LogP contribution in [-0.4, -0.2) is 30.2 Å². The molecule has 0 N–H and O–H groups in total. The van der Waals surface area contributed by atoms with E-state index in [0.717, 1.165) is 12.8 Å². The second-order valence-corrected chi connectivity index (χ2v) is 4.16. The van der Waals surface area contributed by atoms with Gasteiger partial charge in [0.05, 0.1) is 6.42 Å². The lowest BCUT2D eigenvalue weighted by Gasteiger charge is -2.17. The summed E-state index contributed by atoms with van der Waals surface area (Å²) in [5, 5.41) is 0. The van der Waals surface area contributed by atoms with E-state index in [-0.39, 0.29) is 12.2 Å². The Morgan fingerprint density at radius 3 is 2.21 bits per heavy atom. The summed E-state index contributed by atoms with van der Waals surface area (Å²) in [7, 11) is 0. The Labute approximate surface area is 89.7 Å². The van der Waals surface area contributed by atoms with Gasteiger partial charge in [-0.3, -0.25) is 4.79 Å². The third-order valence-electron chi connectivity index (χ3n) is 2.25. The van der Waals surface area contributed by atoms with Gasteiger partial charge in [0.15, 0.2) is 12.1 Å². The summed E-state index contributed by atoms with van der Waals surface area (Å²) in [6.45, 7) is 4.86. The number of carbonyl (C=O) groups excluding carboxylic acids is 1. The topological polar surface area (TPSA) is 35.5 Å². The summed E-state index contributed by atoms with van der Waals surface area (Å²) in [5.41, 5.74) is 0. The van der Waals surface area contributed by atoms with Crippen molar-refractivity contribution >= 4 is 17.4 Å². The fraction of sp³-hybridized carbons (Fsp3) is 0.900. The Bertz CT molecular complexity index is 196. The lowest BCUT2D eigenvalue weighted by atomic mass is 10.2. The molecule has 1 aliphatic rings. The smallest absolute Gasteiger partial charge is 0.164 e. The lowest BCUT2D eigenvalue weighted by molar-refractivity contribution is -0.152. The van der Waals surface area contributed by atoms with Gasteiger partial charge in [0.1, 0.15) is 4.87 Å². The molecule has 0 heterocycles. The van der Waals surface area contributed by atoms with Crippen molar-refractivity contribution in [3.63, 3.8) is 0 Å². The quantitative estimate of drug-likeness (QED) is 0.487. The maximum atomic E-state index is 11.6. The number of carbonyl (C=O) groups is 1. The third-order valence-corrected chi connectivity index (χ3v) is 2.83. The predicted octanol–water partition coefficient (Wildman–Crippen LogP) is 2.12. The number of rotatable bonds is 7. The van der Waals surface area contributed by atoms with Gasteiger partial charge in [-0.25, -0.2) is 0 Å². The van der Waals surface area contributed by atoms with E-state index in [4.69, 9.17) is 21.1 Å². The summed E-state index contributed by atoms with van der Waals surface area (Å²) in [6, 6.07) is 0. The van der Waals surface area contributed by atoms with E-state index in [2.05, 4.69) is 0 Å². The van der Waals surface area contributed by atoms with Gasteiger partial charge < -0.3 is 9.47 Å². The Hall–Kier alpha value is -0.120. The van der Waals surface area contributed by atoms with Crippen LogP contribution in [0.5, 0.6) is 0 Å². The van der Waals surface area contributed by atoms with Gasteiger partial charge in [-0.05, 0) is 26.7 Å². The van der Waals surface area contributed by atoms with Crippen LogP contribution in [0.15, 0.2) is 0 Å². The molecule has 0 aliphatic heterocycles. The Balaban J connectivity index is 2.34. The van der Waals surface area contributed by atoms with Crippen LogP contribution in [0.2, 0.25) is 0 Å². The number of alkyl halides is 1. The Morgan fingerprint density at radius 1 is 1.36 bits per heavy atom. The van der Waals surface area contributed by atoms with Crippen molar-refractivity contribution in [2.45, 2.75) is 44.3 Å². The second kappa shape index (κ2) is 5.10. The van der Waals surface area contributed by atoms with Crippen molar-refractivity contribution in [1.82, 2.24) is 0 Å². The number of hydrogen-bond donors (Lipinski definition) is 0. The lowest BCUT2D eigenvalue weighted by Crippen LogP contribution is -2.26. The first-order valence-electron chi connectivity index (χ1n) is 5.07. The van der Waals surface area contributed by atoms with E-state index in [1.54, 1.807) is 0 Å². The molecule has 0 atom stereocenters. The van der Waals surface area contributed by atoms with Gasteiger partial charge in [-0.1, -0.05) is 0 Å². The Morgan fingerprint density at radius 2 is 1.86 bits per heavy atom. The van der Waals surface area contributed by atoms with Gasteiger partial charge in [-0.15, -0.1) is 11.6 Å². The van der Waals surface area contributed by atoms with E-state index >= 15 is 0 Å². The fourth-order valence-electron chi connectivity index (χ4n) is 1.26. The number of ketones is 1. The summed E-state index contributed by atoms with van der Waals surface area (Å²) >= 11 is 5.98. The average molecular weight is 221 g/mol. The first kappa shape index (κ1) is 12.0. The van der Waals surface area contributed by atoms with E-state index < -0.39 is 11.2 Å². The van der Waals surface area contributed by atoms with Crippen LogP contribution in [0.25, 0.3) is 0 Å². The van der Waals surface area contributed by atoms with Crippen molar-refractivity contribution in [3.05, 3.63) is 0 Å². The van der Waals surface area contributed by atoms with Crippen LogP contribution >= 0.6 is 11.6 Å². The second-order valence-electron chi connectivity index (χ2n) is 3.43. The average Bonchev–Trinajstić information content (AvgIpc) is 2.86. The highest BCUT2D eigenvalue weighted by Crippen LogP contribution is 2.44. The zero-order valence-electron chi connectivity index (χ0n) is 8.72. The van der Waals surface area contributed by atoms with Crippen molar-refractivity contribution in [1.29, 1.82) is 0 Å². The molecule has 82 valence electrons. The first-order chi connectivity index (χ1) is 6.62. The van der Waals surface area contributed by atoms with Gasteiger partial charge in [0.25, 0.3) is 0 Å². The molecule has 1 aliphatic carbocycles. The first-order valence-corrected chi connectivity index (χ1v) is 5.45. The van der Waals surface area contributed by atoms with E-state index in [0.29, 0.717) is 13.2 Å². The molecule has 0 bridgehead atoms. The molecule has 0 aromatic rings. The normalized spacial score (nSPS) is 18.6. The molecule has 4 heteroatoms. The van der Waals surface area contributed by atoms with Crippen molar-refractivity contribution in [2.24, 2.45) is 0 Å². The molecule has 1 rings (SSSR count). The minimum absolute atomic E-state index is 0.0473. The zero-order valence-corrected chi connectivity index (χ0v) is 9.47. The van der Waals surface area contributed by atoms with Crippen LogP contribution < -0.4 is 0 Å². The monoisotopic (exact) mass is 220 g/mol. The van der Waals surface area contributed by atoms with Gasteiger partial charge >= 0.3 is 0 Å². The molecule has 0 unspecified atom stereocenters. The van der Waals surface area contributed by atoms with Crippen molar-refractivity contribution in [3.8, 4) is 0 Å². The van der Waals surface area contributed by atoms with Gasteiger partial charge in [0, 0.05) is 13.2 Å². The molecule has 1 saturated carbocycles. The predicted molar refractivity (Wildman–Crippen MR) is 54.5 cm³/mol. The SMILES string of the molecule is CCOC(CC(=O)C1(Cl)CC1)OCC. The van der Waals surface area contributed by atoms with Gasteiger partial charge in [-0.2, -0.15) is 0 Å². The molecular formula is C10H17ClO3. The minimum Gasteiger partial charge on any atom is -0.352 e. The standard InChI is InChI=1S/C10H17ClO3/c1-3-13-9(14-4-2)7-8(12)10(11)5-6-10/h9H,3-7H2,1-2H3. The van der Waals surface area contributed by atoms with E-state index in [9.17, 15) is 4.79 Å². The highest BCUT2D eigenvalue weighted by Gasteiger charge is 2.48. The largest absolute Gasteiger partial charge is 0.352 e. The van der Waals surface area contributed by atoms with E-state index in [1.807, 2.05) is 13.8 Å². The molecule has 0 amide bonds. The molecule has 14 heavy (non-hydrogen) atoms. The Kier molecular flexibility index (Phi) is 4.35. The number of ether oxygens (including phenoxy) is 2. The van der Waals surface area contributed by atoms with Crippen LogP contribution in [-0.2, 0) is 14.3 Å². The molecule has 0 aromatic heterocycles. The molecule has 0 aromatic carbocycles. The van der Waals surface area contributed by atoms with Crippen molar-refractivity contribution < 1.29 is 14.3 Å². The summed E-state index contributed by atoms with van der Waals surface area (Å²) in [4.78, 5) is 11.0. The highest BCUT2D eigenvalue weighted by atomic mass is 35.5. The molecule has 3 nitrogen and oxygen atoms in total. The molecule has 0 radical (unpaired) electrons. The van der Waals surface area contributed by atoms with Gasteiger partial charge in [0.2, 0.25) is 0 Å². The van der Waals surface area contributed by atoms with Crippen LogP contribution in [0.4, 0.5) is 0 Å². The van der Waals surface area contributed by atoms with Crippen molar-refractivity contribution in [2.75, 3.05) is 13.2 Å². The van der Waals surface area contributed by atoms with Crippen LogP contribution in [0, 0.1) is 0 Å². The third kappa shape index (κ3) is 3.23. The molecule has 0 spiro atoms. The van der Waals surface area contributed by atoms with Crippen LogP contribution in [0.3, 0.4) is 0 Å². The zero-order chi connectivity index (χ0) is 10.6. The highest BCUT2D eigenvalue weighted by molar-refractivity contribution is 6.37. The minimum atomic E-state index is -0.591. The fourth-order valence-corrected chi connectivity index (χ4v) is 1.43. The maximum Gasteiger partial charge on any atom is 0.164 e. The van der Waals surface area contributed by atoms with E-state index in [1.165, 1.54) is 0 Å². The summed E-state index contributed by atoms with van der Waals surface area (Å²) in [5.74, 6) is 0.0473.